The summed E-state index contributed by atoms with van der Waals surface area (Å²) in [6.07, 6.45) is 21.2. The van der Waals surface area contributed by atoms with Crippen molar-refractivity contribution in [3.63, 3.8) is 0 Å². The van der Waals surface area contributed by atoms with E-state index in [1.165, 1.54) is 18.6 Å². The number of aryl methyl sites for hydroxylation is 3. The summed E-state index contributed by atoms with van der Waals surface area (Å²) in [6, 6.07) is 38.8. The summed E-state index contributed by atoms with van der Waals surface area (Å²) in [5.41, 5.74) is 29.5. The van der Waals surface area contributed by atoms with Crippen molar-refractivity contribution in [2.45, 2.75) is 26.4 Å². The highest BCUT2D eigenvalue weighted by molar-refractivity contribution is 6.35. The number of cyclic esters (lactones) is 2. The number of fused-ring (bicyclic) bond motifs is 6. The summed E-state index contributed by atoms with van der Waals surface area (Å²) in [5.74, 6) is -0.0122. The van der Waals surface area contributed by atoms with E-state index in [1.807, 2.05) is 39.6 Å². The van der Waals surface area contributed by atoms with Gasteiger partial charge in [-0.25, -0.2) is 49.3 Å². The summed E-state index contributed by atoms with van der Waals surface area (Å²) >= 11 is 0. The third kappa shape index (κ3) is 16.8. The van der Waals surface area contributed by atoms with Gasteiger partial charge in [-0.2, -0.15) is 15.3 Å². The Labute approximate surface area is 637 Å². The van der Waals surface area contributed by atoms with Crippen molar-refractivity contribution in [2.75, 3.05) is 27.0 Å². The first-order valence-electron chi connectivity index (χ1n) is 33.9. The molecule has 0 aliphatic carbocycles. The summed E-state index contributed by atoms with van der Waals surface area (Å²) < 4.78 is 37.7. The predicted molar refractivity (Wildman–Crippen MR) is 404 cm³/mol. The van der Waals surface area contributed by atoms with Gasteiger partial charge in [0.25, 0.3) is 23.6 Å². The van der Waals surface area contributed by atoms with Gasteiger partial charge in [-0.05, 0) is 91.0 Å². The molecule has 0 spiro atoms. The molecule has 0 atom stereocenters. The third-order valence-corrected chi connectivity index (χ3v) is 16.6. The highest BCUT2D eigenvalue weighted by Gasteiger charge is 2.38. The van der Waals surface area contributed by atoms with Crippen LogP contribution in [0.2, 0.25) is 0 Å². The van der Waals surface area contributed by atoms with E-state index < -0.39 is 11.9 Å². The number of oxazole rings is 3. The number of nitrogens with zero attached hydrogens (tertiary/aromatic N) is 18. The van der Waals surface area contributed by atoms with E-state index >= 15 is 0 Å². The van der Waals surface area contributed by atoms with Crippen LogP contribution in [0.4, 0.5) is 28.4 Å². The fourth-order valence-corrected chi connectivity index (χ4v) is 11.1. The van der Waals surface area contributed by atoms with Crippen molar-refractivity contribution in [1.29, 1.82) is 0 Å². The maximum Gasteiger partial charge on any atom is 0.346 e. The lowest BCUT2D eigenvalue weighted by molar-refractivity contribution is 0.0442. The van der Waals surface area contributed by atoms with Crippen molar-refractivity contribution in [2.24, 2.45) is 21.1 Å². The number of hydrogen-bond acceptors (Lipinski definition) is 30. The highest BCUT2D eigenvalue weighted by Crippen LogP contribution is 2.32. The minimum absolute atomic E-state index is 0.0275. The van der Waals surface area contributed by atoms with E-state index in [0.29, 0.717) is 148 Å². The number of esters is 2. The zero-order chi connectivity index (χ0) is 78.8. The molecule has 0 saturated carbocycles. The van der Waals surface area contributed by atoms with Crippen LogP contribution in [0, 0.1) is 0 Å². The molecule has 113 heavy (non-hydrogen) atoms. The fraction of sp³-hybridized carbons (Fsp3) is 0.0897. The number of carbonyl (C=O) groups excluding carboxylic acids is 6. The topological polar surface area (TPSA) is 477 Å². The monoisotopic (exact) mass is 1520 g/mol. The molecule has 0 fully saturated rings. The Morgan fingerprint density at radius 1 is 0.363 bits per heavy atom. The largest absolute Gasteiger partial charge is 0.486 e. The van der Waals surface area contributed by atoms with Crippen molar-refractivity contribution in [1.82, 2.24) is 79.2 Å². The molecule has 0 saturated heterocycles. The zero-order valence-electron chi connectivity index (χ0n) is 59.7. The van der Waals surface area contributed by atoms with Gasteiger partial charge in [0, 0.05) is 51.9 Å². The second-order valence-electron chi connectivity index (χ2n) is 24.6. The van der Waals surface area contributed by atoms with Crippen molar-refractivity contribution in [3.05, 3.63) is 276 Å². The first-order valence-corrected chi connectivity index (χ1v) is 33.9. The van der Waals surface area contributed by atoms with Crippen molar-refractivity contribution < 1.29 is 66.4 Å². The van der Waals surface area contributed by atoms with E-state index in [9.17, 15) is 28.8 Å². The predicted octanol–water partition coefficient (Wildman–Crippen LogP) is 9.31. The lowest BCUT2D eigenvalue weighted by Gasteiger charge is -2.14. The second-order valence-corrected chi connectivity index (χ2v) is 24.6. The standard InChI is InChI=1S/C24H16N6O4.C16H14N6O2.C14H10N2O3.C10H9N5O.C8H4O3.C6H8N2O/c1-29-12-14(9-27-29)21-28-20-8-17(11-26-22(20)34-21)33-13-15-6-7-16(10-25-15)30-23(31)18-4-2-3-5-19(18)24(30)32;1-22-8-10(5-20-22)15-21-14-4-13(7-19-16(14)24-15)23-9-12-3-2-11(17)6-18-12;17-8-9-5-6-10(7-15-9)16-13(18)11-3-1-2-4-12(11)14(16)19;1-15-5-6(3-13-15)9-14-8-2-7(11)4-12-10(8)16-9;9-7-5-3-1-2-4-6(5)8(10)11-7;7-5-1-2-6(4-9)8-3-5/h2-12H,13H2,1H3;2-8H,9,17H2,1H3;1-7,17H,8H2;2-5H,11H2,1H3;1-4H;1-3,9H,4,7H2. The van der Waals surface area contributed by atoms with Crippen LogP contribution >= 0.6 is 0 Å². The first-order chi connectivity index (χ1) is 54.8. The van der Waals surface area contributed by atoms with Crippen molar-refractivity contribution in [3.8, 4) is 45.9 Å². The molecular weight excluding hydrogens is 1450 g/mol. The molecule has 3 aliphatic rings. The molecule has 562 valence electrons. The Hall–Kier alpha value is -15.9. The molecule has 16 heterocycles. The van der Waals surface area contributed by atoms with Crippen LogP contribution in [0.15, 0.2) is 233 Å². The number of amides is 4. The van der Waals surface area contributed by atoms with Crippen LogP contribution in [0.5, 0.6) is 11.5 Å². The molecule has 3 aromatic carbocycles. The quantitative estimate of drug-likeness (QED) is 0.0407. The van der Waals surface area contributed by atoms with E-state index in [0.717, 1.165) is 32.2 Å². The van der Waals surface area contributed by atoms with Crippen LogP contribution in [0.1, 0.15) is 84.9 Å². The lowest BCUT2D eigenvalue weighted by Crippen LogP contribution is -2.29. The normalized spacial score (nSPS) is 12.3. The average Bonchev–Trinajstić information content (AvgIpc) is 1.63. The molecule has 8 N–H and O–H groups in total. The molecule has 0 unspecified atom stereocenters. The van der Waals surface area contributed by atoms with Gasteiger partial charge in [-0.3, -0.25) is 53.2 Å². The first kappa shape index (κ1) is 74.0. The number of hydrogen-bond donors (Lipinski definition) is 5. The number of nitrogens with two attached hydrogens (primary N) is 3. The van der Waals surface area contributed by atoms with Gasteiger partial charge in [0.15, 0.2) is 0 Å². The minimum atomic E-state index is -0.550. The lowest BCUT2D eigenvalue weighted by atomic mass is 10.1. The van der Waals surface area contributed by atoms with Gasteiger partial charge < -0.3 is 54.9 Å². The Morgan fingerprint density at radius 2 is 0.690 bits per heavy atom. The maximum atomic E-state index is 12.6. The number of aliphatic hydroxyl groups is 2. The van der Waals surface area contributed by atoms with Gasteiger partial charge in [-0.1, -0.05) is 36.4 Å². The number of carbonyl (C=O) groups is 6. The third-order valence-electron chi connectivity index (χ3n) is 16.6. The molecule has 35 nitrogen and oxygen atoms in total. The molecule has 3 aliphatic heterocycles. The number of nitrogen functional groups attached to an aromatic ring is 3. The summed E-state index contributed by atoms with van der Waals surface area (Å²) in [4.78, 5) is 116. The summed E-state index contributed by atoms with van der Waals surface area (Å²) in [6.45, 7) is 0.284. The second kappa shape index (κ2) is 32.7. The minimum Gasteiger partial charge on any atom is -0.486 e. The molecule has 0 radical (unpaired) electrons. The number of anilines is 5. The van der Waals surface area contributed by atoms with Crippen LogP contribution in [0.3, 0.4) is 0 Å². The number of rotatable bonds is 13. The van der Waals surface area contributed by atoms with Crippen molar-refractivity contribution >= 4 is 97.7 Å². The van der Waals surface area contributed by atoms with Crippen LogP contribution in [-0.2, 0) is 52.3 Å². The van der Waals surface area contributed by atoms with Crippen LogP contribution in [-0.4, -0.2) is 125 Å². The maximum absolute atomic E-state index is 12.6. The molecule has 16 aromatic rings. The van der Waals surface area contributed by atoms with E-state index in [2.05, 4.69) is 69.9 Å². The van der Waals surface area contributed by atoms with Crippen LogP contribution in [0.25, 0.3) is 68.1 Å². The number of ether oxygens (including phenoxy) is 3. The Balaban J connectivity index is 0.000000118. The smallest absolute Gasteiger partial charge is 0.346 e. The van der Waals surface area contributed by atoms with E-state index in [-0.39, 0.29) is 43.4 Å². The Bertz CT molecular complexity index is 6110. The van der Waals surface area contributed by atoms with E-state index in [1.54, 1.807) is 197 Å². The summed E-state index contributed by atoms with van der Waals surface area (Å²) in [7, 11) is 5.49. The molecular formula is C78H61N21O14. The van der Waals surface area contributed by atoms with Gasteiger partial charge in [0.2, 0.25) is 34.8 Å². The SMILES string of the molecule is Cn1cc(-c2nc3cc(N)cnc3o2)cn1.Cn1cc(-c2nc3cc(OCc4ccc(N)cn4)cnc3o2)cn1.Cn1cc(-c2nc3cc(OCc4ccc(N5C(=O)c6ccccc6C5=O)cn4)cnc3o2)cn1.Nc1ccc(CO)nc1.O=C1OC(=O)c2ccccc21.O=C1c2ccccc2C(=O)N1c1ccc(CO)nc1. The highest BCUT2D eigenvalue weighted by atomic mass is 16.6. The van der Waals surface area contributed by atoms with Gasteiger partial charge in [0.1, 0.15) is 41.3 Å². The number of pyridine rings is 7. The number of imide groups is 2. The summed E-state index contributed by atoms with van der Waals surface area (Å²) in [5, 5.41) is 29.7. The van der Waals surface area contributed by atoms with Crippen LogP contribution < -0.4 is 36.5 Å². The number of benzene rings is 3. The number of aromatic nitrogens is 16. The zero-order valence-corrected chi connectivity index (χ0v) is 59.7. The molecule has 0 bridgehead atoms. The Kier molecular flexibility index (Phi) is 21.4. The number of aliphatic hydroxyl groups excluding tert-OH is 2. The average molecular weight is 1520 g/mol. The molecule has 4 amide bonds. The molecule has 35 heteroatoms. The molecule has 13 aromatic heterocycles. The molecule has 19 rings (SSSR count). The van der Waals surface area contributed by atoms with Gasteiger partial charge in [-0.15, -0.1) is 0 Å². The fourth-order valence-electron chi connectivity index (χ4n) is 11.1. The van der Waals surface area contributed by atoms with Gasteiger partial charge >= 0.3 is 11.9 Å². The Morgan fingerprint density at radius 3 is 1.03 bits per heavy atom. The van der Waals surface area contributed by atoms with Gasteiger partial charge in [0.05, 0.1) is 176 Å². The van der Waals surface area contributed by atoms with E-state index in [4.69, 9.17) is 50.1 Å².